The SMILES string of the molecule is CN(C)CCNC(C(=O)O)c1c(F)cccc1F. The van der Waals surface area contributed by atoms with Gasteiger partial charge in [0.15, 0.2) is 0 Å². The van der Waals surface area contributed by atoms with Gasteiger partial charge in [0, 0.05) is 13.1 Å². The standard InChI is InChI=1S/C12H16F2N2O2/c1-16(2)7-6-15-11(12(17)18)10-8(13)4-3-5-9(10)14/h3-5,11,15H,6-7H2,1-2H3,(H,17,18). The van der Waals surface area contributed by atoms with Gasteiger partial charge in [0.05, 0.1) is 5.56 Å². The lowest BCUT2D eigenvalue weighted by molar-refractivity contribution is -0.139. The van der Waals surface area contributed by atoms with Crippen LogP contribution in [-0.4, -0.2) is 43.2 Å². The number of carbonyl (C=O) groups is 1. The molecule has 0 aliphatic heterocycles. The normalized spacial score (nSPS) is 12.7. The lowest BCUT2D eigenvalue weighted by Crippen LogP contribution is -2.35. The summed E-state index contributed by atoms with van der Waals surface area (Å²) < 4.78 is 27.0. The maximum Gasteiger partial charge on any atom is 0.325 e. The molecular weight excluding hydrogens is 242 g/mol. The van der Waals surface area contributed by atoms with E-state index in [1.54, 1.807) is 0 Å². The maximum atomic E-state index is 13.5. The second kappa shape index (κ2) is 6.42. The molecule has 0 heterocycles. The summed E-state index contributed by atoms with van der Waals surface area (Å²) in [5, 5.41) is 11.7. The van der Waals surface area contributed by atoms with Gasteiger partial charge in [0.2, 0.25) is 0 Å². The van der Waals surface area contributed by atoms with Crippen LogP contribution in [-0.2, 0) is 4.79 Å². The lowest BCUT2D eigenvalue weighted by atomic mass is 10.1. The molecule has 0 radical (unpaired) electrons. The molecule has 6 heteroatoms. The van der Waals surface area contributed by atoms with Gasteiger partial charge in [-0.15, -0.1) is 0 Å². The monoisotopic (exact) mass is 258 g/mol. The van der Waals surface area contributed by atoms with Crippen molar-refractivity contribution in [3.05, 3.63) is 35.4 Å². The van der Waals surface area contributed by atoms with Crippen LogP contribution in [0.5, 0.6) is 0 Å². The van der Waals surface area contributed by atoms with E-state index in [0.717, 1.165) is 12.1 Å². The van der Waals surface area contributed by atoms with Gasteiger partial charge in [-0.3, -0.25) is 10.1 Å². The van der Waals surface area contributed by atoms with Crippen molar-refractivity contribution >= 4 is 5.97 Å². The van der Waals surface area contributed by atoms with Gasteiger partial charge in [0.25, 0.3) is 0 Å². The van der Waals surface area contributed by atoms with Crippen molar-refractivity contribution in [2.75, 3.05) is 27.2 Å². The number of hydrogen-bond acceptors (Lipinski definition) is 3. The molecular formula is C12H16F2N2O2. The van der Waals surface area contributed by atoms with Crippen molar-refractivity contribution in [1.82, 2.24) is 10.2 Å². The van der Waals surface area contributed by atoms with E-state index in [1.807, 2.05) is 19.0 Å². The fourth-order valence-electron chi connectivity index (χ4n) is 1.53. The summed E-state index contributed by atoms with van der Waals surface area (Å²) in [7, 11) is 3.64. The van der Waals surface area contributed by atoms with E-state index in [2.05, 4.69) is 5.32 Å². The van der Waals surface area contributed by atoms with Crippen molar-refractivity contribution in [3.63, 3.8) is 0 Å². The lowest BCUT2D eigenvalue weighted by Gasteiger charge is -2.17. The third kappa shape index (κ3) is 3.75. The summed E-state index contributed by atoms with van der Waals surface area (Å²) in [5.74, 6) is -3.03. The molecule has 0 spiro atoms. The molecule has 2 N–H and O–H groups in total. The van der Waals surface area contributed by atoms with E-state index < -0.39 is 29.2 Å². The van der Waals surface area contributed by atoms with Crippen LogP contribution in [0, 0.1) is 11.6 Å². The molecule has 1 aromatic carbocycles. The number of aliphatic carboxylic acids is 1. The highest BCUT2D eigenvalue weighted by atomic mass is 19.1. The fraction of sp³-hybridized carbons (Fsp3) is 0.417. The molecule has 1 unspecified atom stereocenters. The minimum absolute atomic E-state index is 0.317. The summed E-state index contributed by atoms with van der Waals surface area (Å²) in [6.45, 7) is 0.887. The zero-order valence-electron chi connectivity index (χ0n) is 10.3. The van der Waals surface area contributed by atoms with E-state index in [1.165, 1.54) is 6.07 Å². The molecule has 1 atom stereocenters. The average molecular weight is 258 g/mol. The van der Waals surface area contributed by atoms with Gasteiger partial charge in [-0.2, -0.15) is 0 Å². The summed E-state index contributed by atoms with van der Waals surface area (Å²) in [6, 6.07) is 1.91. The van der Waals surface area contributed by atoms with E-state index in [0.29, 0.717) is 13.1 Å². The van der Waals surface area contributed by atoms with Crippen molar-refractivity contribution < 1.29 is 18.7 Å². The third-order valence-corrected chi connectivity index (χ3v) is 2.44. The van der Waals surface area contributed by atoms with Crippen LogP contribution in [0.2, 0.25) is 0 Å². The van der Waals surface area contributed by atoms with Crippen LogP contribution >= 0.6 is 0 Å². The van der Waals surface area contributed by atoms with Crippen LogP contribution in [0.1, 0.15) is 11.6 Å². The van der Waals surface area contributed by atoms with Crippen molar-refractivity contribution in [3.8, 4) is 0 Å². The Hall–Kier alpha value is -1.53. The Balaban J connectivity index is 2.88. The topological polar surface area (TPSA) is 52.6 Å². The Morgan fingerprint density at radius 1 is 1.39 bits per heavy atom. The minimum Gasteiger partial charge on any atom is -0.480 e. The van der Waals surface area contributed by atoms with Gasteiger partial charge in [-0.25, -0.2) is 8.78 Å². The van der Waals surface area contributed by atoms with Gasteiger partial charge < -0.3 is 10.0 Å². The van der Waals surface area contributed by atoms with Crippen LogP contribution < -0.4 is 5.32 Å². The molecule has 0 aliphatic carbocycles. The zero-order chi connectivity index (χ0) is 13.7. The number of rotatable bonds is 6. The first kappa shape index (κ1) is 14.5. The second-order valence-corrected chi connectivity index (χ2v) is 4.16. The van der Waals surface area contributed by atoms with Crippen LogP contribution in [0.15, 0.2) is 18.2 Å². The number of carboxylic acids is 1. The first-order chi connectivity index (χ1) is 8.43. The number of nitrogens with one attached hydrogen (secondary N) is 1. The fourth-order valence-corrected chi connectivity index (χ4v) is 1.53. The summed E-state index contributed by atoms with van der Waals surface area (Å²) in [6.07, 6.45) is 0. The highest BCUT2D eigenvalue weighted by molar-refractivity contribution is 5.75. The smallest absolute Gasteiger partial charge is 0.325 e. The van der Waals surface area contributed by atoms with Gasteiger partial charge in [-0.05, 0) is 26.2 Å². The molecule has 1 rings (SSSR count). The van der Waals surface area contributed by atoms with Crippen molar-refractivity contribution in [2.45, 2.75) is 6.04 Å². The zero-order valence-corrected chi connectivity index (χ0v) is 10.3. The molecule has 0 aromatic heterocycles. The molecule has 18 heavy (non-hydrogen) atoms. The Labute approximate surface area is 104 Å². The number of carboxylic acid groups (broad SMARTS) is 1. The molecule has 0 bridgehead atoms. The Morgan fingerprint density at radius 2 is 1.94 bits per heavy atom. The number of nitrogens with zero attached hydrogens (tertiary/aromatic N) is 1. The largest absolute Gasteiger partial charge is 0.480 e. The van der Waals surface area contributed by atoms with Crippen LogP contribution in [0.4, 0.5) is 8.78 Å². The molecule has 4 nitrogen and oxygen atoms in total. The molecule has 0 saturated heterocycles. The predicted molar refractivity (Wildman–Crippen MR) is 63.3 cm³/mol. The highest BCUT2D eigenvalue weighted by Crippen LogP contribution is 2.20. The van der Waals surface area contributed by atoms with E-state index in [4.69, 9.17) is 5.11 Å². The van der Waals surface area contributed by atoms with E-state index >= 15 is 0 Å². The Morgan fingerprint density at radius 3 is 2.39 bits per heavy atom. The molecule has 0 aliphatic rings. The maximum absolute atomic E-state index is 13.5. The predicted octanol–water partition coefficient (Wildman–Crippen LogP) is 1.24. The average Bonchev–Trinajstić information content (AvgIpc) is 2.25. The molecule has 0 saturated carbocycles. The number of halogens is 2. The highest BCUT2D eigenvalue weighted by Gasteiger charge is 2.25. The van der Waals surface area contributed by atoms with Crippen molar-refractivity contribution in [2.24, 2.45) is 0 Å². The number of benzene rings is 1. The summed E-state index contributed by atoms with van der Waals surface area (Å²) >= 11 is 0. The van der Waals surface area contributed by atoms with Crippen LogP contribution in [0.3, 0.4) is 0 Å². The van der Waals surface area contributed by atoms with E-state index in [-0.39, 0.29) is 0 Å². The quantitative estimate of drug-likeness (QED) is 0.806. The summed E-state index contributed by atoms with van der Waals surface area (Å²) in [4.78, 5) is 12.9. The minimum atomic E-state index is -1.38. The first-order valence-electron chi connectivity index (χ1n) is 5.48. The molecule has 1 aromatic rings. The number of hydrogen-bond donors (Lipinski definition) is 2. The van der Waals surface area contributed by atoms with Gasteiger partial charge in [-0.1, -0.05) is 6.07 Å². The molecule has 100 valence electrons. The number of likely N-dealkylation sites (N-methyl/N-ethyl adjacent to an activating group) is 1. The second-order valence-electron chi connectivity index (χ2n) is 4.16. The third-order valence-electron chi connectivity index (χ3n) is 2.44. The van der Waals surface area contributed by atoms with Crippen LogP contribution in [0.25, 0.3) is 0 Å². The first-order valence-corrected chi connectivity index (χ1v) is 5.48. The van der Waals surface area contributed by atoms with Gasteiger partial charge >= 0.3 is 5.97 Å². The Bertz CT molecular complexity index is 404. The molecule has 0 fully saturated rings. The Kier molecular flexibility index (Phi) is 5.18. The molecule has 0 amide bonds. The van der Waals surface area contributed by atoms with E-state index in [9.17, 15) is 13.6 Å². The van der Waals surface area contributed by atoms with Gasteiger partial charge in [0.1, 0.15) is 17.7 Å². The van der Waals surface area contributed by atoms with Crippen molar-refractivity contribution in [1.29, 1.82) is 0 Å². The summed E-state index contributed by atoms with van der Waals surface area (Å²) in [5.41, 5.74) is -0.455.